The highest BCUT2D eigenvalue weighted by Gasteiger charge is 2.03. The van der Waals surface area contributed by atoms with Crippen molar-refractivity contribution in [3.8, 4) is 5.75 Å². The predicted molar refractivity (Wildman–Crippen MR) is 69.1 cm³/mol. The molecule has 2 aromatic rings. The van der Waals surface area contributed by atoms with Crippen molar-refractivity contribution in [3.63, 3.8) is 0 Å². The van der Waals surface area contributed by atoms with Crippen LogP contribution in [0.4, 0.5) is 0 Å². The van der Waals surface area contributed by atoms with Gasteiger partial charge in [-0.3, -0.25) is 0 Å². The summed E-state index contributed by atoms with van der Waals surface area (Å²) in [7, 11) is 0. The molecule has 0 heterocycles. The molecule has 0 aliphatic rings. The van der Waals surface area contributed by atoms with Crippen LogP contribution >= 0.6 is 0 Å². The predicted octanol–water partition coefficient (Wildman–Crippen LogP) is 2.25. The van der Waals surface area contributed by atoms with Crippen LogP contribution < -0.4 is 4.74 Å². The lowest BCUT2D eigenvalue weighted by atomic mass is 10.1. The number of hydrogen-bond donors (Lipinski definition) is 2. The molecule has 3 nitrogen and oxygen atoms in total. The molecule has 0 bridgehead atoms. The number of aliphatic hydroxyl groups excluding tert-OH is 2. The largest absolute Gasteiger partial charge is 0.489 e. The summed E-state index contributed by atoms with van der Waals surface area (Å²) >= 11 is 0. The first kappa shape index (κ1) is 12.6. The van der Waals surface area contributed by atoms with E-state index in [0.717, 1.165) is 11.1 Å². The van der Waals surface area contributed by atoms with E-state index < -0.39 is 0 Å². The third-order valence-corrected chi connectivity index (χ3v) is 2.77. The highest BCUT2D eigenvalue weighted by atomic mass is 16.5. The summed E-state index contributed by atoms with van der Waals surface area (Å²) in [5.41, 5.74) is 2.52. The van der Waals surface area contributed by atoms with Crippen molar-refractivity contribution in [2.75, 3.05) is 0 Å². The van der Waals surface area contributed by atoms with Crippen molar-refractivity contribution >= 4 is 0 Å². The summed E-state index contributed by atoms with van der Waals surface area (Å²) < 4.78 is 5.64. The molecule has 2 aromatic carbocycles. The highest BCUT2D eigenvalue weighted by Crippen LogP contribution is 2.19. The summed E-state index contributed by atoms with van der Waals surface area (Å²) in [6.07, 6.45) is 0. The second-order valence-electron chi connectivity index (χ2n) is 4.02. The fourth-order valence-corrected chi connectivity index (χ4v) is 1.73. The van der Waals surface area contributed by atoms with E-state index in [2.05, 4.69) is 0 Å². The Balaban J connectivity index is 2.06. The van der Waals surface area contributed by atoms with Crippen LogP contribution in [0.3, 0.4) is 0 Å². The van der Waals surface area contributed by atoms with Gasteiger partial charge in [-0.25, -0.2) is 0 Å². The summed E-state index contributed by atoms with van der Waals surface area (Å²) in [6.45, 7) is 0.317. The van der Waals surface area contributed by atoms with Crippen LogP contribution in [0.5, 0.6) is 5.75 Å². The van der Waals surface area contributed by atoms with E-state index in [0.29, 0.717) is 17.9 Å². The van der Waals surface area contributed by atoms with Crippen molar-refractivity contribution in [2.24, 2.45) is 0 Å². The van der Waals surface area contributed by atoms with E-state index in [1.54, 1.807) is 18.2 Å². The van der Waals surface area contributed by atoms with Crippen LogP contribution in [0.1, 0.15) is 16.7 Å². The van der Waals surface area contributed by atoms with Gasteiger partial charge in [0.05, 0.1) is 13.2 Å². The van der Waals surface area contributed by atoms with Crippen molar-refractivity contribution in [1.29, 1.82) is 0 Å². The van der Waals surface area contributed by atoms with E-state index in [1.807, 2.05) is 30.3 Å². The molecule has 0 aliphatic heterocycles. The second-order valence-corrected chi connectivity index (χ2v) is 4.02. The van der Waals surface area contributed by atoms with Gasteiger partial charge in [-0.1, -0.05) is 36.4 Å². The molecule has 2 rings (SSSR count). The van der Waals surface area contributed by atoms with Crippen molar-refractivity contribution in [1.82, 2.24) is 0 Å². The van der Waals surface area contributed by atoms with Gasteiger partial charge < -0.3 is 14.9 Å². The topological polar surface area (TPSA) is 49.7 Å². The smallest absolute Gasteiger partial charge is 0.120 e. The Hall–Kier alpha value is -1.84. The average molecular weight is 244 g/mol. The minimum atomic E-state index is -0.0988. The second kappa shape index (κ2) is 6.19. The van der Waals surface area contributed by atoms with Crippen LogP contribution in [0, 0.1) is 0 Å². The zero-order chi connectivity index (χ0) is 12.8. The van der Waals surface area contributed by atoms with E-state index in [4.69, 9.17) is 9.84 Å². The van der Waals surface area contributed by atoms with Gasteiger partial charge in [-0.05, 0) is 28.8 Å². The van der Waals surface area contributed by atoms with Crippen molar-refractivity contribution in [3.05, 3.63) is 65.2 Å². The normalized spacial score (nSPS) is 10.3. The molecule has 2 N–H and O–H groups in total. The lowest BCUT2D eigenvalue weighted by Gasteiger charge is -2.10. The Bertz CT molecular complexity index is 494. The Morgan fingerprint density at radius 1 is 0.833 bits per heavy atom. The minimum Gasteiger partial charge on any atom is -0.489 e. The molecule has 0 unspecified atom stereocenters. The summed E-state index contributed by atoms with van der Waals surface area (Å²) in [4.78, 5) is 0. The van der Waals surface area contributed by atoms with Gasteiger partial charge in [0.15, 0.2) is 0 Å². The molecule has 0 spiro atoms. The maximum Gasteiger partial charge on any atom is 0.120 e. The molecule has 0 aliphatic carbocycles. The molecular weight excluding hydrogens is 228 g/mol. The van der Waals surface area contributed by atoms with Gasteiger partial charge in [0.1, 0.15) is 12.4 Å². The molecule has 0 radical (unpaired) electrons. The summed E-state index contributed by atoms with van der Waals surface area (Å²) in [5.74, 6) is 0.695. The maximum atomic E-state index is 9.19. The average Bonchev–Trinajstić information content (AvgIpc) is 2.45. The molecule has 0 fully saturated rings. The monoisotopic (exact) mass is 244 g/mol. The lowest BCUT2D eigenvalue weighted by Crippen LogP contribution is -1.98. The summed E-state index contributed by atoms with van der Waals surface area (Å²) in [5, 5.41) is 18.3. The number of ether oxygens (including phenoxy) is 1. The van der Waals surface area contributed by atoms with Crippen LogP contribution in [0.15, 0.2) is 48.5 Å². The zero-order valence-electron chi connectivity index (χ0n) is 10.0. The molecule has 0 saturated heterocycles. The van der Waals surface area contributed by atoms with Gasteiger partial charge in [0, 0.05) is 0 Å². The number of aliphatic hydroxyl groups is 2. The Morgan fingerprint density at radius 3 is 2.22 bits per heavy atom. The van der Waals surface area contributed by atoms with Crippen LogP contribution in [0.2, 0.25) is 0 Å². The Morgan fingerprint density at radius 2 is 1.56 bits per heavy atom. The van der Waals surface area contributed by atoms with Gasteiger partial charge in [0.2, 0.25) is 0 Å². The molecule has 0 aromatic heterocycles. The molecule has 0 atom stereocenters. The standard InChI is InChI=1S/C15H16O3/c16-9-13-6-7-15(8-14(13)10-17)18-11-12-4-2-1-3-5-12/h1-8,16-17H,9-11H2. The fourth-order valence-electron chi connectivity index (χ4n) is 1.73. The third kappa shape index (κ3) is 3.09. The Kier molecular flexibility index (Phi) is 4.34. The molecule has 0 amide bonds. The van der Waals surface area contributed by atoms with E-state index in [-0.39, 0.29) is 13.2 Å². The van der Waals surface area contributed by atoms with Crippen molar-refractivity contribution in [2.45, 2.75) is 19.8 Å². The van der Waals surface area contributed by atoms with E-state index >= 15 is 0 Å². The highest BCUT2D eigenvalue weighted by molar-refractivity contribution is 5.35. The molecular formula is C15H16O3. The fraction of sp³-hybridized carbons (Fsp3) is 0.200. The van der Waals surface area contributed by atoms with Gasteiger partial charge in [0.25, 0.3) is 0 Å². The number of rotatable bonds is 5. The van der Waals surface area contributed by atoms with E-state index in [9.17, 15) is 5.11 Å². The molecule has 18 heavy (non-hydrogen) atoms. The van der Waals surface area contributed by atoms with Crippen LogP contribution in [0.25, 0.3) is 0 Å². The number of benzene rings is 2. The molecule has 94 valence electrons. The zero-order valence-corrected chi connectivity index (χ0v) is 10.0. The summed E-state index contributed by atoms with van der Waals surface area (Å²) in [6, 6.07) is 15.2. The van der Waals surface area contributed by atoms with Crippen LogP contribution in [-0.2, 0) is 19.8 Å². The van der Waals surface area contributed by atoms with Crippen LogP contribution in [-0.4, -0.2) is 10.2 Å². The van der Waals surface area contributed by atoms with Gasteiger partial charge in [-0.2, -0.15) is 0 Å². The number of hydrogen-bond acceptors (Lipinski definition) is 3. The first-order valence-electron chi connectivity index (χ1n) is 5.83. The van der Waals surface area contributed by atoms with Gasteiger partial charge in [-0.15, -0.1) is 0 Å². The van der Waals surface area contributed by atoms with Crippen molar-refractivity contribution < 1.29 is 14.9 Å². The van der Waals surface area contributed by atoms with Gasteiger partial charge >= 0.3 is 0 Å². The minimum absolute atomic E-state index is 0.0745. The first-order valence-corrected chi connectivity index (χ1v) is 5.83. The maximum absolute atomic E-state index is 9.19. The first-order chi connectivity index (χ1) is 8.83. The lowest BCUT2D eigenvalue weighted by molar-refractivity contribution is 0.257. The quantitative estimate of drug-likeness (QED) is 0.848. The molecule has 0 saturated carbocycles. The SMILES string of the molecule is OCc1ccc(OCc2ccccc2)cc1CO. The Labute approximate surface area is 106 Å². The third-order valence-electron chi connectivity index (χ3n) is 2.77. The van der Waals surface area contributed by atoms with E-state index in [1.165, 1.54) is 0 Å². The molecule has 3 heteroatoms.